The van der Waals surface area contributed by atoms with Crippen LogP contribution in [0.15, 0.2) is 18.2 Å². The second kappa shape index (κ2) is 15.9. The van der Waals surface area contributed by atoms with Crippen molar-refractivity contribution < 1.29 is 23.5 Å². The van der Waals surface area contributed by atoms with Gasteiger partial charge >= 0.3 is 11.9 Å². The van der Waals surface area contributed by atoms with Gasteiger partial charge in [0.15, 0.2) is 0 Å². The SMILES string of the molecule is CCCCCCCCOC(=O)c1ccc(F)cc1C(=O)OCCCCCCCC. The van der Waals surface area contributed by atoms with E-state index in [-0.39, 0.29) is 17.7 Å². The van der Waals surface area contributed by atoms with Crippen LogP contribution < -0.4 is 0 Å². The topological polar surface area (TPSA) is 52.6 Å². The molecule has 0 spiro atoms. The fourth-order valence-electron chi connectivity index (χ4n) is 3.11. The van der Waals surface area contributed by atoms with E-state index in [0.29, 0.717) is 6.61 Å². The van der Waals surface area contributed by atoms with Gasteiger partial charge in [-0.15, -0.1) is 0 Å². The van der Waals surface area contributed by atoms with Crippen LogP contribution in [-0.4, -0.2) is 25.2 Å². The number of hydrogen-bond acceptors (Lipinski definition) is 4. The Labute approximate surface area is 175 Å². The van der Waals surface area contributed by atoms with Crippen molar-refractivity contribution in [2.24, 2.45) is 0 Å². The molecule has 0 fully saturated rings. The molecule has 0 saturated heterocycles. The van der Waals surface area contributed by atoms with Gasteiger partial charge < -0.3 is 9.47 Å². The minimum atomic E-state index is -0.676. The average Bonchev–Trinajstić information content (AvgIpc) is 2.72. The summed E-state index contributed by atoms with van der Waals surface area (Å²) in [5.41, 5.74) is -0.00532. The number of hydrogen-bond donors (Lipinski definition) is 0. The zero-order valence-electron chi connectivity index (χ0n) is 18.1. The standard InChI is InChI=1S/C24H37FO4/c1-3-5-7-9-11-13-17-28-23(26)21-16-15-20(25)19-22(21)24(27)29-18-14-12-10-8-6-4-2/h15-16,19H,3-14,17-18H2,1-2H3. The van der Waals surface area contributed by atoms with Crippen LogP contribution in [0.25, 0.3) is 0 Å². The van der Waals surface area contributed by atoms with Crippen LogP contribution in [0.2, 0.25) is 0 Å². The van der Waals surface area contributed by atoms with Crippen LogP contribution in [0.1, 0.15) is 112 Å². The second-order valence-electron chi connectivity index (χ2n) is 7.50. The van der Waals surface area contributed by atoms with Gasteiger partial charge in [-0.05, 0) is 31.0 Å². The third-order valence-corrected chi connectivity index (χ3v) is 4.88. The number of esters is 2. The van der Waals surface area contributed by atoms with E-state index in [0.717, 1.165) is 50.7 Å². The van der Waals surface area contributed by atoms with Gasteiger partial charge in [0, 0.05) is 0 Å². The molecule has 0 heterocycles. The minimum absolute atomic E-state index is 0.0605. The first kappa shape index (κ1) is 25.1. The summed E-state index contributed by atoms with van der Waals surface area (Å²) in [6, 6.07) is 3.50. The lowest BCUT2D eigenvalue weighted by atomic mass is 10.1. The van der Waals surface area contributed by atoms with Crippen LogP contribution in [0, 0.1) is 5.82 Å². The Morgan fingerprint density at radius 2 is 1.14 bits per heavy atom. The number of halogens is 1. The van der Waals surface area contributed by atoms with Crippen LogP contribution in [0.3, 0.4) is 0 Å². The molecule has 5 heteroatoms. The van der Waals surface area contributed by atoms with E-state index >= 15 is 0 Å². The van der Waals surface area contributed by atoms with E-state index in [9.17, 15) is 14.0 Å². The minimum Gasteiger partial charge on any atom is -0.462 e. The van der Waals surface area contributed by atoms with Crippen molar-refractivity contribution in [3.05, 3.63) is 35.1 Å². The first-order valence-electron chi connectivity index (χ1n) is 11.2. The molecule has 0 aliphatic carbocycles. The third kappa shape index (κ3) is 11.0. The highest BCUT2D eigenvalue weighted by Crippen LogP contribution is 2.16. The summed E-state index contributed by atoms with van der Waals surface area (Å²) >= 11 is 0. The molecule has 0 aliphatic heterocycles. The fraction of sp³-hybridized carbons (Fsp3) is 0.667. The van der Waals surface area contributed by atoms with Crippen LogP contribution in [-0.2, 0) is 9.47 Å². The Morgan fingerprint density at radius 1 is 0.690 bits per heavy atom. The lowest BCUT2D eigenvalue weighted by Crippen LogP contribution is -2.15. The van der Waals surface area contributed by atoms with Gasteiger partial charge in [0.05, 0.1) is 24.3 Å². The number of carbonyl (C=O) groups excluding carboxylic acids is 2. The monoisotopic (exact) mass is 408 g/mol. The van der Waals surface area contributed by atoms with E-state index in [1.54, 1.807) is 0 Å². The molecule has 0 aromatic heterocycles. The fourth-order valence-corrected chi connectivity index (χ4v) is 3.11. The molecular weight excluding hydrogens is 371 g/mol. The summed E-state index contributed by atoms with van der Waals surface area (Å²) in [6.07, 6.45) is 13.0. The molecule has 1 aromatic rings. The molecule has 4 nitrogen and oxygen atoms in total. The van der Waals surface area contributed by atoms with Gasteiger partial charge in [-0.25, -0.2) is 14.0 Å². The highest BCUT2D eigenvalue weighted by atomic mass is 19.1. The summed E-state index contributed by atoms with van der Waals surface area (Å²) in [7, 11) is 0. The number of unbranched alkanes of at least 4 members (excludes halogenated alkanes) is 10. The predicted molar refractivity (Wildman–Crippen MR) is 114 cm³/mol. The number of rotatable bonds is 16. The van der Waals surface area contributed by atoms with E-state index in [2.05, 4.69) is 13.8 Å². The summed E-state index contributed by atoms with van der Waals surface area (Å²) < 4.78 is 24.2. The molecule has 0 N–H and O–H groups in total. The van der Waals surface area contributed by atoms with Crippen molar-refractivity contribution in [1.82, 2.24) is 0 Å². The molecule has 0 atom stereocenters. The van der Waals surface area contributed by atoms with Crippen molar-refractivity contribution >= 4 is 11.9 Å². The summed E-state index contributed by atoms with van der Waals surface area (Å²) in [4.78, 5) is 24.7. The maximum atomic E-state index is 13.6. The second-order valence-corrected chi connectivity index (χ2v) is 7.50. The van der Waals surface area contributed by atoms with Crippen LogP contribution in [0.5, 0.6) is 0 Å². The molecule has 0 radical (unpaired) electrons. The Morgan fingerprint density at radius 3 is 1.66 bits per heavy atom. The van der Waals surface area contributed by atoms with E-state index in [1.165, 1.54) is 44.6 Å². The zero-order valence-corrected chi connectivity index (χ0v) is 18.1. The van der Waals surface area contributed by atoms with Crippen molar-refractivity contribution in [2.75, 3.05) is 13.2 Å². The number of ether oxygens (including phenoxy) is 2. The lowest BCUT2D eigenvalue weighted by Gasteiger charge is -2.10. The smallest absolute Gasteiger partial charge is 0.339 e. The average molecular weight is 409 g/mol. The highest BCUT2D eigenvalue weighted by molar-refractivity contribution is 6.03. The van der Waals surface area contributed by atoms with Gasteiger partial charge in [-0.3, -0.25) is 0 Å². The molecule has 0 aliphatic rings. The molecule has 1 rings (SSSR count). The van der Waals surface area contributed by atoms with Crippen molar-refractivity contribution in [2.45, 2.75) is 90.9 Å². The third-order valence-electron chi connectivity index (χ3n) is 4.88. The van der Waals surface area contributed by atoms with Crippen LogP contribution >= 0.6 is 0 Å². The summed E-state index contributed by atoms with van der Waals surface area (Å²) in [5.74, 6) is -1.86. The van der Waals surface area contributed by atoms with Gasteiger partial charge in [0.25, 0.3) is 0 Å². The Balaban J connectivity index is 2.45. The first-order valence-corrected chi connectivity index (χ1v) is 11.2. The maximum Gasteiger partial charge on any atom is 0.339 e. The Kier molecular flexibility index (Phi) is 13.8. The van der Waals surface area contributed by atoms with Gasteiger partial charge in [0.2, 0.25) is 0 Å². The van der Waals surface area contributed by atoms with Crippen molar-refractivity contribution in [3.63, 3.8) is 0 Å². The molecule has 0 unspecified atom stereocenters. The van der Waals surface area contributed by atoms with E-state index in [1.807, 2.05) is 0 Å². The molecule has 0 bridgehead atoms. The summed E-state index contributed by atoms with van der Waals surface area (Å²) in [5, 5.41) is 0. The molecule has 1 aromatic carbocycles. The Hall–Kier alpha value is -1.91. The molecule has 29 heavy (non-hydrogen) atoms. The maximum absolute atomic E-state index is 13.6. The van der Waals surface area contributed by atoms with E-state index < -0.39 is 17.8 Å². The predicted octanol–water partition coefficient (Wildman–Crippen LogP) is 6.86. The molecule has 0 amide bonds. The van der Waals surface area contributed by atoms with Gasteiger partial charge in [0.1, 0.15) is 5.82 Å². The summed E-state index contributed by atoms with van der Waals surface area (Å²) in [6.45, 7) is 4.90. The van der Waals surface area contributed by atoms with Gasteiger partial charge in [-0.1, -0.05) is 78.1 Å². The zero-order chi connectivity index (χ0) is 21.3. The van der Waals surface area contributed by atoms with Crippen LogP contribution in [0.4, 0.5) is 4.39 Å². The number of carbonyl (C=O) groups is 2. The number of benzene rings is 1. The first-order chi connectivity index (χ1) is 14.1. The normalized spacial score (nSPS) is 10.7. The van der Waals surface area contributed by atoms with Crippen molar-refractivity contribution in [1.29, 1.82) is 0 Å². The molecule has 0 saturated carbocycles. The largest absolute Gasteiger partial charge is 0.462 e. The molecule has 164 valence electrons. The highest BCUT2D eigenvalue weighted by Gasteiger charge is 2.20. The molecular formula is C24H37FO4. The van der Waals surface area contributed by atoms with Crippen molar-refractivity contribution in [3.8, 4) is 0 Å². The quantitative estimate of drug-likeness (QED) is 0.221. The Bertz CT molecular complexity index is 601. The van der Waals surface area contributed by atoms with Gasteiger partial charge in [-0.2, -0.15) is 0 Å². The lowest BCUT2D eigenvalue weighted by molar-refractivity contribution is 0.0450. The van der Waals surface area contributed by atoms with E-state index in [4.69, 9.17) is 9.47 Å².